The van der Waals surface area contributed by atoms with Gasteiger partial charge in [0.05, 0.1) is 30.1 Å². The Hall–Kier alpha value is -4.67. The van der Waals surface area contributed by atoms with E-state index in [1.54, 1.807) is 11.1 Å². The standard InChI is InChI=1S/C30H25ClN4O3/c31-27-17-23(13-14-28(27)36)30(38)34-33-19-24-12-11-22(25-9-4-5-10-26(24)25)18-29(37)35(16-6-15-32)20-21-7-2-1-3-8-21/h1-5,7-14,17,19,36H,6,16,18,20H2,(H,34,38)/b33-19+. The third-order valence-corrected chi connectivity index (χ3v) is 6.33. The summed E-state index contributed by atoms with van der Waals surface area (Å²) in [6, 6.07) is 27.4. The highest BCUT2D eigenvalue weighted by atomic mass is 35.5. The number of aromatic hydroxyl groups is 1. The predicted octanol–water partition coefficient (Wildman–Crippen LogP) is 5.45. The number of phenolic OH excluding ortho intramolecular Hbond substituents is 1. The maximum Gasteiger partial charge on any atom is 0.271 e. The second kappa shape index (κ2) is 12.5. The van der Waals surface area contributed by atoms with Crippen LogP contribution >= 0.6 is 11.6 Å². The number of hydrazone groups is 1. The number of hydrogen-bond donors (Lipinski definition) is 2. The van der Waals surface area contributed by atoms with E-state index in [2.05, 4.69) is 16.6 Å². The molecule has 8 heteroatoms. The van der Waals surface area contributed by atoms with Crippen LogP contribution in [0.25, 0.3) is 10.8 Å². The summed E-state index contributed by atoms with van der Waals surface area (Å²) in [6.45, 7) is 0.800. The number of halogens is 1. The fourth-order valence-electron chi connectivity index (χ4n) is 4.08. The number of carbonyl (C=O) groups is 2. The first kappa shape index (κ1) is 26.4. The lowest BCUT2D eigenvalue weighted by atomic mass is 9.97. The fraction of sp³-hybridized carbons (Fsp3) is 0.133. The van der Waals surface area contributed by atoms with Crippen LogP contribution in [0.3, 0.4) is 0 Å². The summed E-state index contributed by atoms with van der Waals surface area (Å²) >= 11 is 5.88. The van der Waals surface area contributed by atoms with Crippen molar-refractivity contribution in [3.05, 3.63) is 112 Å². The highest BCUT2D eigenvalue weighted by Crippen LogP contribution is 2.24. The molecule has 190 valence electrons. The molecule has 0 aliphatic carbocycles. The van der Waals surface area contributed by atoms with Gasteiger partial charge in [0.25, 0.3) is 5.91 Å². The number of phenols is 1. The molecule has 4 aromatic rings. The molecule has 0 radical (unpaired) electrons. The lowest BCUT2D eigenvalue weighted by Gasteiger charge is -2.22. The number of carbonyl (C=O) groups excluding carboxylic acids is 2. The highest BCUT2D eigenvalue weighted by Gasteiger charge is 2.16. The first-order valence-electron chi connectivity index (χ1n) is 12.0. The molecule has 0 aromatic heterocycles. The van der Waals surface area contributed by atoms with Crippen LogP contribution in [0.5, 0.6) is 5.75 Å². The van der Waals surface area contributed by atoms with Gasteiger partial charge in [0.15, 0.2) is 0 Å². The van der Waals surface area contributed by atoms with Crippen molar-refractivity contribution in [3.8, 4) is 11.8 Å². The van der Waals surface area contributed by atoms with E-state index in [0.717, 1.165) is 27.5 Å². The molecule has 2 amide bonds. The van der Waals surface area contributed by atoms with Gasteiger partial charge in [-0.25, -0.2) is 5.43 Å². The van der Waals surface area contributed by atoms with Crippen molar-refractivity contribution in [2.24, 2.45) is 5.10 Å². The molecule has 38 heavy (non-hydrogen) atoms. The Morgan fingerprint density at radius 3 is 2.47 bits per heavy atom. The van der Waals surface area contributed by atoms with Crippen LogP contribution in [0, 0.1) is 11.3 Å². The molecular formula is C30H25ClN4O3. The van der Waals surface area contributed by atoms with Crippen molar-refractivity contribution < 1.29 is 14.7 Å². The van der Waals surface area contributed by atoms with Crippen LogP contribution in [0.4, 0.5) is 0 Å². The van der Waals surface area contributed by atoms with E-state index in [9.17, 15) is 14.7 Å². The van der Waals surface area contributed by atoms with E-state index in [0.29, 0.717) is 13.1 Å². The summed E-state index contributed by atoms with van der Waals surface area (Å²) in [6.07, 6.45) is 1.99. The van der Waals surface area contributed by atoms with Crippen molar-refractivity contribution in [1.29, 1.82) is 5.26 Å². The van der Waals surface area contributed by atoms with Crippen LogP contribution in [-0.4, -0.2) is 34.6 Å². The number of benzene rings is 4. The summed E-state index contributed by atoms with van der Waals surface area (Å²) in [7, 11) is 0. The number of nitrogens with zero attached hydrogens (tertiary/aromatic N) is 3. The average molecular weight is 525 g/mol. The maximum absolute atomic E-state index is 13.3. The van der Waals surface area contributed by atoms with Gasteiger partial charge in [0.1, 0.15) is 5.75 Å². The summed E-state index contributed by atoms with van der Waals surface area (Å²) < 4.78 is 0. The van der Waals surface area contributed by atoms with Crippen LogP contribution in [-0.2, 0) is 17.8 Å². The van der Waals surface area contributed by atoms with Crippen LogP contribution < -0.4 is 5.43 Å². The predicted molar refractivity (Wildman–Crippen MR) is 148 cm³/mol. The van der Waals surface area contributed by atoms with Gasteiger partial charge in [-0.2, -0.15) is 10.4 Å². The Morgan fingerprint density at radius 1 is 1.00 bits per heavy atom. The van der Waals surface area contributed by atoms with Gasteiger partial charge in [-0.15, -0.1) is 0 Å². The maximum atomic E-state index is 13.3. The molecule has 0 aliphatic heterocycles. The van der Waals surface area contributed by atoms with Gasteiger partial charge in [-0.3, -0.25) is 9.59 Å². The Morgan fingerprint density at radius 2 is 1.74 bits per heavy atom. The van der Waals surface area contributed by atoms with Crippen LogP contribution in [0.15, 0.2) is 90.0 Å². The molecule has 4 rings (SSSR count). The molecule has 7 nitrogen and oxygen atoms in total. The largest absolute Gasteiger partial charge is 0.506 e. The number of rotatable bonds is 9. The number of hydrogen-bond acceptors (Lipinski definition) is 5. The lowest BCUT2D eigenvalue weighted by Crippen LogP contribution is -2.32. The first-order valence-corrected chi connectivity index (χ1v) is 12.3. The molecule has 0 spiro atoms. The topological polar surface area (TPSA) is 106 Å². The van der Waals surface area contributed by atoms with Crippen molar-refractivity contribution in [2.75, 3.05) is 6.54 Å². The van der Waals surface area contributed by atoms with E-state index in [1.807, 2.05) is 66.7 Å². The molecule has 0 bridgehead atoms. The normalized spacial score (nSPS) is 10.8. The summed E-state index contributed by atoms with van der Waals surface area (Å²) in [4.78, 5) is 27.4. The van der Waals surface area contributed by atoms with E-state index in [-0.39, 0.29) is 35.1 Å². The molecular weight excluding hydrogens is 500 g/mol. The van der Waals surface area contributed by atoms with Crippen molar-refractivity contribution in [2.45, 2.75) is 19.4 Å². The number of nitrogens with one attached hydrogen (secondary N) is 1. The van der Waals surface area contributed by atoms with Crippen molar-refractivity contribution in [1.82, 2.24) is 10.3 Å². The summed E-state index contributed by atoms with van der Waals surface area (Å²) in [5.41, 5.74) is 5.37. The van der Waals surface area contributed by atoms with E-state index in [1.165, 1.54) is 18.2 Å². The smallest absolute Gasteiger partial charge is 0.271 e. The third-order valence-electron chi connectivity index (χ3n) is 6.03. The average Bonchev–Trinajstić information content (AvgIpc) is 2.94. The van der Waals surface area contributed by atoms with Crippen molar-refractivity contribution in [3.63, 3.8) is 0 Å². The fourth-order valence-corrected chi connectivity index (χ4v) is 4.26. The Balaban J connectivity index is 1.52. The number of nitriles is 1. The van der Waals surface area contributed by atoms with E-state index >= 15 is 0 Å². The van der Waals surface area contributed by atoms with Crippen molar-refractivity contribution >= 4 is 40.4 Å². The zero-order valence-electron chi connectivity index (χ0n) is 20.5. The SMILES string of the molecule is N#CCCN(Cc1ccccc1)C(=O)Cc1ccc(/C=N/NC(=O)c2ccc(O)c(Cl)c2)c2ccccc12. The second-order valence-corrected chi connectivity index (χ2v) is 9.02. The van der Waals surface area contributed by atoms with E-state index < -0.39 is 5.91 Å². The van der Waals surface area contributed by atoms with Gasteiger partial charge in [-0.05, 0) is 40.1 Å². The number of amides is 2. The van der Waals surface area contributed by atoms with Gasteiger partial charge >= 0.3 is 0 Å². The van der Waals surface area contributed by atoms with Gasteiger partial charge in [0.2, 0.25) is 5.91 Å². The summed E-state index contributed by atoms with van der Waals surface area (Å²) in [5, 5.41) is 24.6. The Kier molecular flexibility index (Phi) is 8.70. The van der Waals surface area contributed by atoms with Crippen LogP contribution in [0.2, 0.25) is 5.02 Å². The molecule has 0 heterocycles. The molecule has 0 fully saturated rings. The van der Waals surface area contributed by atoms with E-state index in [4.69, 9.17) is 16.9 Å². The molecule has 4 aromatic carbocycles. The molecule has 0 saturated carbocycles. The molecule has 0 unspecified atom stereocenters. The Bertz CT molecular complexity index is 1530. The lowest BCUT2D eigenvalue weighted by molar-refractivity contribution is -0.131. The van der Waals surface area contributed by atoms with Gasteiger partial charge in [-0.1, -0.05) is 78.3 Å². The monoisotopic (exact) mass is 524 g/mol. The van der Waals surface area contributed by atoms with Crippen LogP contribution in [0.1, 0.15) is 33.5 Å². The number of fused-ring (bicyclic) bond motifs is 1. The highest BCUT2D eigenvalue weighted by molar-refractivity contribution is 6.32. The molecule has 0 saturated heterocycles. The molecule has 2 N–H and O–H groups in total. The third kappa shape index (κ3) is 6.55. The quantitative estimate of drug-likeness (QED) is 0.224. The zero-order chi connectivity index (χ0) is 26.9. The zero-order valence-corrected chi connectivity index (χ0v) is 21.2. The molecule has 0 aliphatic rings. The minimum Gasteiger partial charge on any atom is -0.506 e. The second-order valence-electron chi connectivity index (χ2n) is 8.61. The Labute approximate surface area is 225 Å². The first-order chi connectivity index (χ1) is 18.5. The minimum atomic E-state index is -0.467. The van der Waals surface area contributed by atoms with Gasteiger partial charge < -0.3 is 10.0 Å². The summed E-state index contributed by atoms with van der Waals surface area (Å²) in [5.74, 6) is -0.633. The minimum absolute atomic E-state index is 0.0597. The van der Waals surface area contributed by atoms with Gasteiger partial charge in [0, 0.05) is 24.2 Å². The molecule has 0 atom stereocenters.